The first kappa shape index (κ1) is 23.9. The average Bonchev–Trinajstić information content (AvgIpc) is 2.73. The molecule has 0 aliphatic heterocycles. The quantitative estimate of drug-likeness (QED) is 0.219. The van der Waals surface area contributed by atoms with Crippen molar-refractivity contribution in [1.29, 1.82) is 0 Å². The summed E-state index contributed by atoms with van der Waals surface area (Å²) in [6.07, 6.45) is 24.6. The molecule has 0 saturated heterocycles. The Balaban J connectivity index is 2.01. The van der Waals surface area contributed by atoms with Crippen molar-refractivity contribution < 1.29 is 0 Å². The Labute approximate surface area is 185 Å². The van der Waals surface area contributed by atoms with Gasteiger partial charge >= 0.3 is 0 Å². The predicted octanol–water partition coefficient (Wildman–Crippen LogP) is 9.15. The number of unbranched alkanes of at least 4 members (excludes halogenated alkanes) is 6. The van der Waals surface area contributed by atoms with E-state index in [1.807, 2.05) is 12.2 Å². The molecule has 0 heterocycles. The fourth-order valence-electron chi connectivity index (χ4n) is 4.24. The summed E-state index contributed by atoms with van der Waals surface area (Å²) in [6.45, 7) is 12.0. The van der Waals surface area contributed by atoms with Crippen LogP contribution in [0, 0.1) is 13.8 Å². The van der Waals surface area contributed by atoms with E-state index in [9.17, 15) is 0 Å². The van der Waals surface area contributed by atoms with Gasteiger partial charge in [-0.2, -0.15) is 0 Å². The Kier molecular flexibility index (Phi) is 11.0. The van der Waals surface area contributed by atoms with Crippen LogP contribution in [0.5, 0.6) is 0 Å². The highest BCUT2D eigenvalue weighted by atomic mass is 14.1. The number of rotatable bonds is 14. The number of hydrogen-bond donors (Lipinski definition) is 0. The van der Waals surface area contributed by atoms with Gasteiger partial charge < -0.3 is 0 Å². The molecule has 30 heavy (non-hydrogen) atoms. The monoisotopic (exact) mass is 400 g/mol. The molecule has 2 aromatic carbocycles. The van der Waals surface area contributed by atoms with Crippen LogP contribution in [0.1, 0.15) is 73.6 Å². The summed E-state index contributed by atoms with van der Waals surface area (Å²) in [4.78, 5) is 0. The largest absolute Gasteiger partial charge is 0.0991 e. The highest BCUT2D eigenvalue weighted by Gasteiger charge is 2.08. The van der Waals surface area contributed by atoms with Crippen molar-refractivity contribution in [1.82, 2.24) is 0 Å². The number of fused-ring (bicyclic) bond motifs is 1. The Hall–Kier alpha value is -2.34. The average molecular weight is 401 g/mol. The van der Waals surface area contributed by atoms with Gasteiger partial charge in [-0.15, -0.1) is 0 Å². The van der Waals surface area contributed by atoms with Crippen LogP contribution in [0.3, 0.4) is 0 Å². The molecule has 0 nitrogen and oxygen atoms in total. The molecule has 0 atom stereocenters. The SMILES string of the molecule is C=C/C=C/CCCCCCc1cc(C)cc2c(CCCC/C=C/C=C)cc(C)cc12. The van der Waals surface area contributed by atoms with Gasteiger partial charge in [-0.3, -0.25) is 0 Å². The lowest BCUT2D eigenvalue weighted by Gasteiger charge is -2.14. The van der Waals surface area contributed by atoms with Gasteiger partial charge in [0.25, 0.3) is 0 Å². The predicted molar refractivity (Wildman–Crippen MR) is 136 cm³/mol. The van der Waals surface area contributed by atoms with Gasteiger partial charge in [-0.05, 0) is 87.1 Å². The van der Waals surface area contributed by atoms with Crippen LogP contribution in [0.2, 0.25) is 0 Å². The maximum atomic E-state index is 3.74. The zero-order valence-corrected chi connectivity index (χ0v) is 19.3. The standard InChI is InChI=1S/C30H40/c1-5-7-9-11-13-14-16-18-20-28-22-26(4)23-29-27(21-25(3)24-30(28)29)19-17-15-12-10-8-6-2/h5-10,21-24H,1-2,11-20H2,3-4H3/b9-7+,10-8+. The fourth-order valence-corrected chi connectivity index (χ4v) is 4.24. The first-order valence-corrected chi connectivity index (χ1v) is 11.7. The lowest BCUT2D eigenvalue weighted by atomic mass is 9.91. The molecule has 0 radical (unpaired) electrons. The topological polar surface area (TPSA) is 0 Å². The maximum Gasteiger partial charge on any atom is -0.0146 e. The molecule has 0 spiro atoms. The van der Waals surface area contributed by atoms with Gasteiger partial charge in [0.1, 0.15) is 0 Å². The van der Waals surface area contributed by atoms with Gasteiger partial charge in [0, 0.05) is 0 Å². The second-order valence-corrected chi connectivity index (χ2v) is 8.47. The smallest absolute Gasteiger partial charge is 0.0146 e. The van der Waals surface area contributed by atoms with Crippen LogP contribution in [0.25, 0.3) is 10.8 Å². The second-order valence-electron chi connectivity index (χ2n) is 8.47. The van der Waals surface area contributed by atoms with Gasteiger partial charge in [-0.1, -0.05) is 97.8 Å². The molecule has 2 rings (SSSR count). The van der Waals surface area contributed by atoms with Gasteiger partial charge in [-0.25, -0.2) is 0 Å². The molecule has 0 unspecified atom stereocenters. The van der Waals surface area contributed by atoms with Crippen LogP contribution in [-0.2, 0) is 12.8 Å². The molecule has 160 valence electrons. The van der Waals surface area contributed by atoms with E-state index in [4.69, 9.17) is 0 Å². The Morgan fingerprint density at radius 3 is 1.53 bits per heavy atom. The van der Waals surface area contributed by atoms with Crippen LogP contribution in [-0.4, -0.2) is 0 Å². The third kappa shape index (κ3) is 8.19. The molecule has 0 N–H and O–H groups in total. The lowest BCUT2D eigenvalue weighted by Crippen LogP contribution is -1.95. The fraction of sp³-hybridized carbons (Fsp3) is 0.400. The first-order valence-electron chi connectivity index (χ1n) is 11.7. The lowest BCUT2D eigenvalue weighted by molar-refractivity contribution is 0.647. The summed E-state index contributed by atoms with van der Waals surface area (Å²) < 4.78 is 0. The summed E-state index contributed by atoms with van der Waals surface area (Å²) >= 11 is 0. The molecular weight excluding hydrogens is 360 g/mol. The molecule has 0 aromatic heterocycles. The Morgan fingerprint density at radius 2 is 1.03 bits per heavy atom. The minimum atomic E-state index is 1.14. The molecule has 2 aromatic rings. The zero-order chi connectivity index (χ0) is 21.6. The van der Waals surface area contributed by atoms with Crippen molar-refractivity contribution in [3.8, 4) is 0 Å². The summed E-state index contributed by atoms with van der Waals surface area (Å²) in [5, 5.41) is 2.96. The van der Waals surface area contributed by atoms with Gasteiger partial charge in [0.15, 0.2) is 0 Å². The van der Waals surface area contributed by atoms with Crippen molar-refractivity contribution in [3.63, 3.8) is 0 Å². The second kappa shape index (κ2) is 13.8. The van der Waals surface area contributed by atoms with E-state index in [1.54, 1.807) is 0 Å². The van der Waals surface area contributed by atoms with E-state index in [2.05, 4.69) is 75.6 Å². The van der Waals surface area contributed by atoms with E-state index >= 15 is 0 Å². The molecule has 0 aliphatic rings. The van der Waals surface area contributed by atoms with E-state index in [0.29, 0.717) is 0 Å². The Bertz CT molecular complexity index is 863. The third-order valence-corrected chi connectivity index (χ3v) is 5.71. The number of aryl methyl sites for hydroxylation is 4. The molecule has 0 bridgehead atoms. The molecule has 0 aliphatic carbocycles. The van der Waals surface area contributed by atoms with Gasteiger partial charge in [0.05, 0.1) is 0 Å². The molecular formula is C30H40. The van der Waals surface area contributed by atoms with Crippen molar-refractivity contribution >= 4 is 10.8 Å². The highest BCUT2D eigenvalue weighted by Crippen LogP contribution is 2.29. The van der Waals surface area contributed by atoms with E-state index in [-0.39, 0.29) is 0 Å². The Morgan fingerprint density at radius 1 is 0.600 bits per heavy atom. The van der Waals surface area contributed by atoms with E-state index in [1.165, 1.54) is 90.8 Å². The third-order valence-electron chi connectivity index (χ3n) is 5.71. The van der Waals surface area contributed by atoms with Crippen LogP contribution < -0.4 is 0 Å². The minimum absolute atomic E-state index is 1.14. The number of hydrogen-bond acceptors (Lipinski definition) is 0. The minimum Gasteiger partial charge on any atom is -0.0991 e. The summed E-state index contributed by atoms with van der Waals surface area (Å²) in [6, 6.07) is 9.62. The molecule has 0 saturated carbocycles. The molecule has 0 heteroatoms. The normalized spacial score (nSPS) is 11.7. The zero-order valence-electron chi connectivity index (χ0n) is 19.3. The van der Waals surface area contributed by atoms with Crippen LogP contribution in [0.4, 0.5) is 0 Å². The maximum absolute atomic E-state index is 3.74. The molecule has 0 fully saturated rings. The highest BCUT2D eigenvalue weighted by molar-refractivity contribution is 5.90. The van der Waals surface area contributed by atoms with E-state index < -0.39 is 0 Å². The van der Waals surface area contributed by atoms with Crippen molar-refractivity contribution in [3.05, 3.63) is 96.1 Å². The summed E-state index contributed by atoms with van der Waals surface area (Å²) in [7, 11) is 0. The van der Waals surface area contributed by atoms with Gasteiger partial charge in [0.2, 0.25) is 0 Å². The van der Waals surface area contributed by atoms with Crippen LogP contribution in [0.15, 0.2) is 73.9 Å². The first-order chi connectivity index (χ1) is 14.7. The number of allylic oxidation sites excluding steroid dienone is 6. The van der Waals surface area contributed by atoms with Crippen LogP contribution >= 0.6 is 0 Å². The summed E-state index contributed by atoms with van der Waals surface area (Å²) in [5.41, 5.74) is 5.85. The van der Waals surface area contributed by atoms with Crippen molar-refractivity contribution in [2.75, 3.05) is 0 Å². The van der Waals surface area contributed by atoms with E-state index in [0.717, 1.165) is 6.42 Å². The summed E-state index contributed by atoms with van der Waals surface area (Å²) in [5.74, 6) is 0. The molecule has 0 amide bonds. The number of benzene rings is 2. The van der Waals surface area contributed by atoms with Crippen molar-refractivity contribution in [2.24, 2.45) is 0 Å². The van der Waals surface area contributed by atoms with Crippen molar-refractivity contribution in [2.45, 2.75) is 78.1 Å².